The lowest BCUT2D eigenvalue weighted by Crippen LogP contribution is -2.42. The van der Waals surface area contributed by atoms with Gasteiger partial charge in [-0.2, -0.15) is 0 Å². The lowest BCUT2D eigenvalue weighted by atomic mass is 10.0. The zero-order valence-corrected chi connectivity index (χ0v) is 12.4. The summed E-state index contributed by atoms with van der Waals surface area (Å²) in [6.45, 7) is 4.48. The van der Waals surface area contributed by atoms with E-state index in [1.54, 1.807) is 12.4 Å². The first kappa shape index (κ1) is 14.0. The van der Waals surface area contributed by atoms with Crippen molar-refractivity contribution >= 4 is 27.5 Å². The zero-order chi connectivity index (χ0) is 14.0. The smallest absolute Gasteiger partial charge is 0.219 e. The maximum Gasteiger partial charge on any atom is 0.219 e. The summed E-state index contributed by atoms with van der Waals surface area (Å²) in [6.07, 6.45) is 5.63. The highest BCUT2D eigenvalue weighted by Gasteiger charge is 2.20. The molecule has 0 spiro atoms. The molecule has 1 amide bonds. The fourth-order valence-electron chi connectivity index (χ4n) is 1.87. The SMILES string of the molecule is CC(C)(CC(N)=O)NCc1cnc2cnc(Br)cn12. The minimum atomic E-state index is -0.347. The Bertz CT molecular complexity index is 607. The summed E-state index contributed by atoms with van der Waals surface area (Å²) >= 11 is 3.33. The van der Waals surface area contributed by atoms with E-state index >= 15 is 0 Å². The van der Waals surface area contributed by atoms with E-state index in [0.717, 1.165) is 15.9 Å². The summed E-state index contributed by atoms with van der Waals surface area (Å²) in [5.41, 5.74) is 6.66. The Morgan fingerprint density at radius 3 is 2.89 bits per heavy atom. The first-order valence-corrected chi connectivity index (χ1v) is 6.67. The number of aromatic nitrogens is 3. The average molecular weight is 326 g/mol. The number of carbonyl (C=O) groups excluding carboxylic acids is 1. The van der Waals surface area contributed by atoms with Crippen LogP contribution in [0.1, 0.15) is 26.0 Å². The molecule has 2 aromatic rings. The molecule has 0 fully saturated rings. The van der Waals surface area contributed by atoms with E-state index in [2.05, 4.69) is 31.2 Å². The van der Waals surface area contributed by atoms with Gasteiger partial charge in [0.15, 0.2) is 5.65 Å². The number of hydrogen-bond acceptors (Lipinski definition) is 4. The maximum atomic E-state index is 11.0. The van der Waals surface area contributed by atoms with Crippen LogP contribution in [0.2, 0.25) is 0 Å². The van der Waals surface area contributed by atoms with E-state index in [0.29, 0.717) is 6.54 Å². The third-order valence-electron chi connectivity index (χ3n) is 2.81. The van der Waals surface area contributed by atoms with Gasteiger partial charge in [0.25, 0.3) is 0 Å². The van der Waals surface area contributed by atoms with Crippen molar-refractivity contribution in [3.05, 3.63) is 28.9 Å². The normalized spacial score (nSPS) is 11.9. The summed E-state index contributed by atoms with van der Waals surface area (Å²) in [4.78, 5) is 19.4. The first-order chi connectivity index (χ1) is 8.87. The molecule has 0 aliphatic heterocycles. The summed E-state index contributed by atoms with van der Waals surface area (Å²) < 4.78 is 2.69. The predicted molar refractivity (Wildman–Crippen MR) is 75.4 cm³/mol. The molecular formula is C12H16BrN5O. The van der Waals surface area contributed by atoms with Crippen LogP contribution < -0.4 is 11.1 Å². The summed E-state index contributed by atoms with van der Waals surface area (Å²) in [6, 6.07) is 0. The summed E-state index contributed by atoms with van der Waals surface area (Å²) in [7, 11) is 0. The van der Waals surface area contributed by atoms with E-state index in [1.807, 2.05) is 24.4 Å². The van der Waals surface area contributed by atoms with Gasteiger partial charge in [0.05, 0.1) is 18.1 Å². The predicted octanol–water partition coefficient (Wildman–Crippen LogP) is 1.24. The molecule has 2 aromatic heterocycles. The van der Waals surface area contributed by atoms with Crippen LogP contribution in [0.15, 0.2) is 23.2 Å². The van der Waals surface area contributed by atoms with Crippen molar-refractivity contribution in [2.75, 3.05) is 0 Å². The minimum absolute atomic E-state index is 0.287. The van der Waals surface area contributed by atoms with Crippen LogP contribution in [0.3, 0.4) is 0 Å². The Morgan fingerprint density at radius 1 is 1.47 bits per heavy atom. The first-order valence-electron chi connectivity index (χ1n) is 5.88. The third-order valence-corrected chi connectivity index (χ3v) is 3.21. The fraction of sp³-hybridized carbons (Fsp3) is 0.417. The van der Waals surface area contributed by atoms with Crippen LogP contribution in [0, 0.1) is 0 Å². The van der Waals surface area contributed by atoms with Crippen molar-refractivity contribution in [2.45, 2.75) is 32.4 Å². The molecule has 0 saturated carbocycles. The second-order valence-corrected chi connectivity index (χ2v) is 5.88. The molecular weight excluding hydrogens is 310 g/mol. The number of primary amides is 1. The Labute approximate surface area is 119 Å². The van der Waals surface area contributed by atoms with Gasteiger partial charge in [-0.05, 0) is 29.8 Å². The van der Waals surface area contributed by atoms with Crippen LogP contribution >= 0.6 is 15.9 Å². The van der Waals surface area contributed by atoms with Crippen LogP contribution in [0.5, 0.6) is 0 Å². The van der Waals surface area contributed by atoms with Crippen molar-refractivity contribution in [2.24, 2.45) is 5.73 Å². The number of nitrogens with one attached hydrogen (secondary N) is 1. The van der Waals surface area contributed by atoms with E-state index < -0.39 is 0 Å². The van der Waals surface area contributed by atoms with Crippen molar-refractivity contribution in [1.29, 1.82) is 0 Å². The Balaban J connectivity index is 2.13. The van der Waals surface area contributed by atoms with E-state index in [4.69, 9.17) is 5.73 Å². The van der Waals surface area contributed by atoms with Gasteiger partial charge in [-0.25, -0.2) is 9.97 Å². The molecule has 0 unspecified atom stereocenters. The van der Waals surface area contributed by atoms with Crippen LogP contribution in [-0.2, 0) is 11.3 Å². The molecule has 19 heavy (non-hydrogen) atoms. The average Bonchev–Trinajstić information content (AvgIpc) is 2.67. The fourth-order valence-corrected chi connectivity index (χ4v) is 2.18. The van der Waals surface area contributed by atoms with Crippen molar-refractivity contribution in [3.63, 3.8) is 0 Å². The van der Waals surface area contributed by atoms with E-state index in [9.17, 15) is 4.79 Å². The lowest BCUT2D eigenvalue weighted by Gasteiger charge is -2.24. The highest BCUT2D eigenvalue weighted by molar-refractivity contribution is 9.10. The quantitative estimate of drug-likeness (QED) is 0.866. The standard InChI is InChI=1S/C12H16BrN5O/c1-12(2,3-10(14)19)17-5-8-4-16-11-6-15-9(13)7-18(8)11/h4,6-7,17H,3,5H2,1-2H3,(H2,14,19). The minimum Gasteiger partial charge on any atom is -0.370 e. The van der Waals surface area contributed by atoms with Gasteiger partial charge < -0.3 is 11.1 Å². The Hall–Kier alpha value is -1.47. The van der Waals surface area contributed by atoms with Gasteiger partial charge in [0, 0.05) is 24.7 Å². The van der Waals surface area contributed by atoms with Crippen LogP contribution in [0.4, 0.5) is 0 Å². The number of fused-ring (bicyclic) bond motifs is 1. The van der Waals surface area contributed by atoms with Gasteiger partial charge in [-0.3, -0.25) is 9.20 Å². The van der Waals surface area contributed by atoms with Gasteiger partial charge in [0.2, 0.25) is 5.91 Å². The number of rotatable bonds is 5. The van der Waals surface area contributed by atoms with Gasteiger partial charge >= 0.3 is 0 Å². The topological polar surface area (TPSA) is 85.3 Å². The maximum absolute atomic E-state index is 11.0. The van der Waals surface area contributed by atoms with Gasteiger partial charge in [-0.15, -0.1) is 0 Å². The number of nitrogens with zero attached hydrogens (tertiary/aromatic N) is 3. The molecule has 0 saturated heterocycles. The molecule has 6 nitrogen and oxygen atoms in total. The molecule has 0 radical (unpaired) electrons. The molecule has 0 atom stereocenters. The second kappa shape index (κ2) is 5.26. The Kier molecular flexibility index (Phi) is 3.86. The molecule has 0 aromatic carbocycles. The van der Waals surface area contributed by atoms with Gasteiger partial charge in [-0.1, -0.05) is 0 Å². The monoisotopic (exact) mass is 325 g/mol. The number of amides is 1. The number of imidazole rings is 1. The summed E-state index contributed by atoms with van der Waals surface area (Å²) in [5, 5.41) is 3.31. The lowest BCUT2D eigenvalue weighted by molar-refractivity contribution is -0.119. The molecule has 0 aliphatic carbocycles. The highest BCUT2D eigenvalue weighted by Crippen LogP contribution is 2.13. The van der Waals surface area contributed by atoms with Crippen LogP contribution in [0.25, 0.3) is 5.65 Å². The molecule has 0 aliphatic rings. The Morgan fingerprint density at radius 2 is 2.21 bits per heavy atom. The van der Waals surface area contributed by atoms with Crippen LogP contribution in [-0.4, -0.2) is 25.8 Å². The van der Waals surface area contributed by atoms with E-state index in [-0.39, 0.29) is 17.9 Å². The number of halogens is 1. The molecule has 102 valence electrons. The number of hydrogen-bond donors (Lipinski definition) is 2. The molecule has 2 rings (SSSR count). The molecule has 7 heteroatoms. The second-order valence-electron chi connectivity index (χ2n) is 5.07. The highest BCUT2D eigenvalue weighted by atomic mass is 79.9. The largest absolute Gasteiger partial charge is 0.370 e. The molecule has 2 heterocycles. The van der Waals surface area contributed by atoms with Crippen molar-refractivity contribution < 1.29 is 4.79 Å². The van der Waals surface area contributed by atoms with E-state index in [1.165, 1.54) is 0 Å². The zero-order valence-electron chi connectivity index (χ0n) is 10.9. The van der Waals surface area contributed by atoms with Crippen molar-refractivity contribution in [3.8, 4) is 0 Å². The third kappa shape index (κ3) is 3.51. The summed E-state index contributed by atoms with van der Waals surface area (Å²) in [5.74, 6) is -0.317. The van der Waals surface area contributed by atoms with Gasteiger partial charge in [0.1, 0.15) is 4.60 Å². The van der Waals surface area contributed by atoms with Crippen molar-refractivity contribution in [1.82, 2.24) is 19.7 Å². The molecule has 0 bridgehead atoms. The molecule has 3 N–H and O–H groups in total. The number of nitrogens with two attached hydrogens (primary N) is 1. The number of carbonyl (C=O) groups is 1.